The molecule has 2 aromatic rings. The molecule has 4 rings (SSSR count). The van der Waals surface area contributed by atoms with E-state index in [0.29, 0.717) is 24.9 Å². The molecule has 7 heteroatoms. The van der Waals surface area contributed by atoms with Gasteiger partial charge < -0.3 is 24.4 Å². The third-order valence-electron chi connectivity index (χ3n) is 10.0. The molecule has 2 N–H and O–H groups in total. The lowest BCUT2D eigenvalue weighted by Gasteiger charge is -2.30. The molecule has 1 saturated carbocycles. The van der Waals surface area contributed by atoms with E-state index in [0.717, 1.165) is 25.2 Å². The van der Waals surface area contributed by atoms with Crippen LogP contribution in [-0.2, 0) is 23.8 Å². The van der Waals surface area contributed by atoms with E-state index in [2.05, 4.69) is 56.5 Å². The van der Waals surface area contributed by atoms with Crippen LogP contribution in [0.4, 0.5) is 0 Å². The number of unbranched alkanes of at least 4 members (excludes halogenated alkanes) is 2. The molecule has 1 saturated heterocycles. The molecule has 2 atom stereocenters. The summed E-state index contributed by atoms with van der Waals surface area (Å²) in [6.07, 6.45) is 14.2. The highest BCUT2D eigenvalue weighted by molar-refractivity contribution is 5.88. The molecule has 1 heterocycles. The van der Waals surface area contributed by atoms with Crippen LogP contribution in [0.25, 0.3) is 10.8 Å². The van der Waals surface area contributed by atoms with Gasteiger partial charge in [0.25, 0.3) is 0 Å². The number of esters is 2. The lowest BCUT2D eigenvalue weighted by Crippen LogP contribution is -2.27. The van der Waals surface area contributed by atoms with Crippen molar-refractivity contribution in [2.45, 2.75) is 102 Å². The topological polar surface area (TPSA) is 102 Å². The maximum atomic E-state index is 12.0. The Morgan fingerprint density at radius 3 is 1.89 bits per heavy atom. The molecular weight excluding hydrogens is 580 g/mol. The van der Waals surface area contributed by atoms with Crippen LogP contribution in [0.3, 0.4) is 0 Å². The van der Waals surface area contributed by atoms with Gasteiger partial charge in [-0.1, -0.05) is 82.2 Å². The van der Waals surface area contributed by atoms with E-state index in [9.17, 15) is 9.59 Å². The number of aliphatic hydroxyl groups excluding tert-OH is 2. The third kappa shape index (κ3) is 10.5. The molecular formula is C39H54O7. The van der Waals surface area contributed by atoms with Gasteiger partial charge in [0.15, 0.2) is 0 Å². The van der Waals surface area contributed by atoms with Gasteiger partial charge in [0.1, 0.15) is 0 Å². The maximum absolute atomic E-state index is 12.0. The van der Waals surface area contributed by atoms with E-state index in [-0.39, 0.29) is 36.4 Å². The molecule has 2 fully saturated rings. The highest BCUT2D eigenvalue weighted by Crippen LogP contribution is 2.39. The Bertz CT molecular complexity index is 1270. The van der Waals surface area contributed by atoms with Crippen molar-refractivity contribution in [3.05, 3.63) is 71.8 Å². The number of carbonyl (C=O) groups excluding carboxylic acids is 2. The number of hydrogen-bond donors (Lipinski definition) is 2. The number of benzene rings is 2. The predicted molar refractivity (Wildman–Crippen MR) is 182 cm³/mol. The van der Waals surface area contributed by atoms with E-state index in [4.69, 9.17) is 24.4 Å². The minimum Gasteiger partial charge on any atom is -0.462 e. The van der Waals surface area contributed by atoms with Gasteiger partial charge >= 0.3 is 11.9 Å². The van der Waals surface area contributed by atoms with E-state index in [1.54, 1.807) is 0 Å². The summed E-state index contributed by atoms with van der Waals surface area (Å²) in [4.78, 5) is 24.0. The molecule has 0 bridgehead atoms. The molecule has 2 aliphatic rings. The highest BCUT2D eigenvalue weighted by atomic mass is 16.5. The van der Waals surface area contributed by atoms with Crippen molar-refractivity contribution < 1.29 is 34.0 Å². The SMILES string of the molecule is C=C(CO)C(=O)OCC(CCC1CCC(c2ccc3cc(C4CCC(CCCCC)CC4)ccc3c2)CO1)COC(=O)C(=C)CO. The van der Waals surface area contributed by atoms with Gasteiger partial charge in [0, 0.05) is 11.8 Å². The monoisotopic (exact) mass is 634 g/mol. The number of ether oxygens (including phenoxy) is 3. The zero-order chi connectivity index (χ0) is 32.9. The maximum Gasteiger partial charge on any atom is 0.335 e. The Balaban J connectivity index is 1.26. The van der Waals surface area contributed by atoms with E-state index < -0.39 is 25.2 Å². The van der Waals surface area contributed by atoms with Crippen molar-refractivity contribution in [3.8, 4) is 0 Å². The Kier molecular flexibility index (Phi) is 14.3. The average Bonchev–Trinajstić information content (AvgIpc) is 3.10. The Morgan fingerprint density at radius 1 is 0.804 bits per heavy atom. The minimum atomic E-state index is -0.678. The van der Waals surface area contributed by atoms with Crippen LogP contribution in [0.15, 0.2) is 60.7 Å². The summed E-state index contributed by atoms with van der Waals surface area (Å²) in [7, 11) is 0. The van der Waals surface area contributed by atoms with Crippen molar-refractivity contribution in [1.29, 1.82) is 0 Å². The molecule has 0 amide bonds. The molecule has 0 radical (unpaired) electrons. The second-order valence-electron chi connectivity index (χ2n) is 13.5. The standard InChI is InChI=1S/C39H54O7/c1-4-5-6-7-29-8-11-31(12-9-29)32-13-14-34-21-35(16-15-33(34)20-32)36-17-19-37(44-26-36)18-10-30(24-45-38(42)27(2)22-40)25-46-39(43)28(3)23-41/h13-16,20-21,29-31,36-37,40-41H,2-12,17-19,22-26H2,1H3. The lowest BCUT2D eigenvalue weighted by molar-refractivity contribution is -0.145. The quantitative estimate of drug-likeness (QED) is 0.105. The van der Waals surface area contributed by atoms with Crippen molar-refractivity contribution in [2.24, 2.45) is 11.8 Å². The molecule has 46 heavy (non-hydrogen) atoms. The van der Waals surface area contributed by atoms with E-state index >= 15 is 0 Å². The van der Waals surface area contributed by atoms with Gasteiger partial charge in [-0.2, -0.15) is 0 Å². The smallest absolute Gasteiger partial charge is 0.335 e. The molecule has 2 aromatic carbocycles. The zero-order valence-electron chi connectivity index (χ0n) is 27.7. The summed E-state index contributed by atoms with van der Waals surface area (Å²) >= 11 is 0. The molecule has 1 aliphatic heterocycles. The first-order valence-corrected chi connectivity index (χ1v) is 17.4. The molecule has 7 nitrogen and oxygen atoms in total. The number of fused-ring (bicyclic) bond motifs is 1. The number of carbonyl (C=O) groups is 2. The first-order valence-electron chi connectivity index (χ1n) is 17.4. The van der Waals surface area contributed by atoms with Crippen LogP contribution < -0.4 is 0 Å². The van der Waals surface area contributed by atoms with Gasteiger partial charge in [0.2, 0.25) is 0 Å². The summed E-state index contributed by atoms with van der Waals surface area (Å²) in [6.45, 7) is 9.00. The first kappa shape index (κ1) is 35.8. The van der Waals surface area contributed by atoms with Crippen LogP contribution >= 0.6 is 0 Å². The summed E-state index contributed by atoms with van der Waals surface area (Å²) in [5, 5.41) is 20.9. The summed E-state index contributed by atoms with van der Waals surface area (Å²) in [5.74, 6) is 0.335. The van der Waals surface area contributed by atoms with Gasteiger partial charge in [-0.25, -0.2) is 9.59 Å². The fraction of sp³-hybridized carbons (Fsp3) is 0.590. The largest absolute Gasteiger partial charge is 0.462 e. The van der Waals surface area contributed by atoms with Crippen LogP contribution in [-0.4, -0.2) is 61.3 Å². The average molecular weight is 635 g/mol. The second kappa shape index (κ2) is 18.4. The predicted octanol–water partition coefficient (Wildman–Crippen LogP) is 7.54. The molecule has 0 spiro atoms. The normalized spacial score (nSPS) is 21.7. The molecule has 252 valence electrons. The van der Waals surface area contributed by atoms with Gasteiger partial charge in [0.05, 0.1) is 50.3 Å². The summed E-state index contributed by atoms with van der Waals surface area (Å²) in [5.41, 5.74) is 2.75. The van der Waals surface area contributed by atoms with Crippen molar-refractivity contribution >= 4 is 22.7 Å². The minimum absolute atomic E-state index is 0.0190. The third-order valence-corrected chi connectivity index (χ3v) is 10.0. The van der Waals surface area contributed by atoms with E-state index in [1.807, 2.05) is 0 Å². The number of aliphatic hydroxyl groups is 2. The summed E-state index contributed by atoms with van der Waals surface area (Å²) < 4.78 is 16.9. The molecule has 1 aliphatic carbocycles. The van der Waals surface area contributed by atoms with Crippen molar-refractivity contribution in [3.63, 3.8) is 0 Å². The van der Waals surface area contributed by atoms with Crippen LogP contribution in [0, 0.1) is 11.8 Å². The van der Waals surface area contributed by atoms with Crippen molar-refractivity contribution in [2.75, 3.05) is 33.0 Å². The van der Waals surface area contributed by atoms with Crippen LogP contribution in [0.1, 0.15) is 107 Å². The van der Waals surface area contributed by atoms with Gasteiger partial charge in [-0.3, -0.25) is 0 Å². The van der Waals surface area contributed by atoms with Crippen LogP contribution in [0.5, 0.6) is 0 Å². The molecule has 2 unspecified atom stereocenters. The first-order chi connectivity index (χ1) is 22.3. The fourth-order valence-corrected chi connectivity index (χ4v) is 6.91. The van der Waals surface area contributed by atoms with Gasteiger partial charge in [-0.05, 0) is 85.1 Å². The summed E-state index contributed by atoms with van der Waals surface area (Å²) in [6, 6.07) is 14.0. The number of rotatable bonds is 17. The fourth-order valence-electron chi connectivity index (χ4n) is 6.91. The van der Waals surface area contributed by atoms with Gasteiger partial charge in [-0.15, -0.1) is 0 Å². The lowest BCUT2D eigenvalue weighted by atomic mass is 9.76. The molecule has 0 aromatic heterocycles. The highest BCUT2D eigenvalue weighted by Gasteiger charge is 2.26. The number of hydrogen-bond acceptors (Lipinski definition) is 7. The Hall–Kier alpha value is -3.00. The zero-order valence-corrected chi connectivity index (χ0v) is 27.7. The Morgan fingerprint density at radius 2 is 1.37 bits per heavy atom. The van der Waals surface area contributed by atoms with Crippen molar-refractivity contribution in [1.82, 2.24) is 0 Å². The van der Waals surface area contributed by atoms with E-state index in [1.165, 1.54) is 73.3 Å². The van der Waals surface area contributed by atoms with Crippen LogP contribution in [0.2, 0.25) is 0 Å². The Labute approximate surface area is 275 Å². The second-order valence-corrected chi connectivity index (χ2v) is 13.5.